The summed E-state index contributed by atoms with van der Waals surface area (Å²) in [5.41, 5.74) is 0.423. The number of nitrogens with one attached hydrogen (secondary N) is 2. The Hall–Kier alpha value is -2.16. The normalized spacial score (nSPS) is 26.9. The van der Waals surface area contributed by atoms with E-state index < -0.39 is 10.0 Å². The van der Waals surface area contributed by atoms with E-state index in [9.17, 15) is 13.2 Å². The lowest BCUT2D eigenvalue weighted by Crippen LogP contribution is -2.62. The Morgan fingerprint density at radius 3 is 2.54 bits per heavy atom. The molecule has 8 heteroatoms. The molecule has 1 aromatic carbocycles. The standard InChI is InChI=1S/C20H25N3O4S/c1-13-19(14-9-11-23(13)12-10-14)22-20(24)17-8-7-16(27-17)15-5-3-4-6-18(15)28(25,26)21-2/h3-8,13-14,19,21H,9-12H2,1-2H3,(H,22,24)/t13-,19-/m0/s1. The predicted molar refractivity (Wildman–Crippen MR) is 105 cm³/mol. The van der Waals surface area contributed by atoms with E-state index in [4.69, 9.17) is 4.42 Å². The van der Waals surface area contributed by atoms with Gasteiger partial charge < -0.3 is 9.73 Å². The highest BCUT2D eigenvalue weighted by atomic mass is 32.2. The zero-order chi connectivity index (χ0) is 19.9. The maximum Gasteiger partial charge on any atom is 0.287 e. The molecular weight excluding hydrogens is 378 g/mol. The molecule has 28 heavy (non-hydrogen) atoms. The summed E-state index contributed by atoms with van der Waals surface area (Å²) in [6, 6.07) is 10.2. The van der Waals surface area contributed by atoms with Gasteiger partial charge in [-0.3, -0.25) is 9.69 Å². The Labute approximate surface area is 165 Å². The molecule has 1 amide bonds. The van der Waals surface area contributed by atoms with E-state index >= 15 is 0 Å². The Bertz CT molecular complexity index is 975. The van der Waals surface area contributed by atoms with Crippen LogP contribution in [-0.4, -0.2) is 51.4 Å². The van der Waals surface area contributed by atoms with Gasteiger partial charge in [-0.15, -0.1) is 0 Å². The molecule has 2 bridgehead atoms. The van der Waals surface area contributed by atoms with Crippen LogP contribution in [-0.2, 0) is 10.0 Å². The van der Waals surface area contributed by atoms with Crippen molar-refractivity contribution in [3.63, 3.8) is 0 Å². The summed E-state index contributed by atoms with van der Waals surface area (Å²) in [5.74, 6) is 0.780. The second-order valence-corrected chi connectivity index (χ2v) is 9.34. The number of carbonyl (C=O) groups excluding carboxylic acids is 1. The summed E-state index contributed by atoms with van der Waals surface area (Å²) in [6.07, 6.45) is 2.21. The number of piperidine rings is 3. The van der Waals surface area contributed by atoms with Crippen molar-refractivity contribution < 1.29 is 17.6 Å². The molecule has 0 aliphatic carbocycles. The molecule has 1 aromatic heterocycles. The van der Waals surface area contributed by atoms with Crippen LogP contribution >= 0.6 is 0 Å². The van der Waals surface area contributed by atoms with Gasteiger partial charge in [0.15, 0.2) is 5.76 Å². The minimum Gasteiger partial charge on any atom is -0.451 e. The lowest BCUT2D eigenvalue weighted by atomic mass is 9.79. The first-order chi connectivity index (χ1) is 13.4. The average molecular weight is 404 g/mol. The molecule has 2 N–H and O–H groups in total. The monoisotopic (exact) mass is 403 g/mol. The van der Waals surface area contributed by atoms with Gasteiger partial charge in [-0.25, -0.2) is 13.1 Å². The zero-order valence-corrected chi connectivity index (χ0v) is 16.8. The van der Waals surface area contributed by atoms with E-state index in [1.165, 1.54) is 13.1 Å². The molecule has 7 nitrogen and oxygen atoms in total. The first-order valence-corrected chi connectivity index (χ1v) is 11.1. The molecule has 3 aliphatic rings. The van der Waals surface area contributed by atoms with Crippen LogP contribution in [0.2, 0.25) is 0 Å². The van der Waals surface area contributed by atoms with E-state index in [2.05, 4.69) is 21.9 Å². The predicted octanol–water partition coefficient (Wildman–Crippen LogP) is 2.07. The van der Waals surface area contributed by atoms with E-state index in [0.717, 1.165) is 25.9 Å². The van der Waals surface area contributed by atoms with Gasteiger partial charge >= 0.3 is 0 Å². The number of furan rings is 1. The molecule has 3 fully saturated rings. The van der Waals surface area contributed by atoms with Crippen molar-refractivity contribution in [3.05, 3.63) is 42.2 Å². The Morgan fingerprint density at radius 1 is 1.14 bits per heavy atom. The number of benzene rings is 1. The van der Waals surface area contributed by atoms with Gasteiger partial charge in [-0.2, -0.15) is 0 Å². The lowest BCUT2D eigenvalue weighted by molar-refractivity contribution is 0.0211. The van der Waals surface area contributed by atoms with Gasteiger partial charge in [0.1, 0.15) is 5.76 Å². The largest absolute Gasteiger partial charge is 0.451 e. The number of nitrogens with zero attached hydrogens (tertiary/aromatic N) is 1. The second kappa shape index (κ2) is 7.35. The number of hydrogen-bond acceptors (Lipinski definition) is 5. The molecule has 0 radical (unpaired) electrons. The van der Waals surface area contributed by atoms with Gasteiger partial charge in [0, 0.05) is 17.6 Å². The maximum absolute atomic E-state index is 12.8. The fourth-order valence-electron chi connectivity index (χ4n) is 4.39. The summed E-state index contributed by atoms with van der Waals surface area (Å²) < 4.78 is 32.6. The van der Waals surface area contributed by atoms with Gasteiger partial charge in [-0.1, -0.05) is 12.1 Å². The van der Waals surface area contributed by atoms with Crippen LogP contribution in [0.15, 0.2) is 45.7 Å². The highest BCUT2D eigenvalue weighted by Crippen LogP contribution is 2.33. The smallest absolute Gasteiger partial charge is 0.287 e. The second-order valence-electron chi connectivity index (χ2n) is 7.48. The molecule has 0 spiro atoms. The highest BCUT2D eigenvalue weighted by molar-refractivity contribution is 7.89. The fraction of sp³-hybridized carbons (Fsp3) is 0.450. The summed E-state index contributed by atoms with van der Waals surface area (Å²) in [6.45, 7) is 4.35. The minimum absolute atomic E-state index is 0.112. The molecule has 3 saturated heterocycles. The Balaban J connectivity index is 1.56. The van der Waals surface area contributed by atoms with Crippen molar-refractivity contribution in [1.82, 2.24) is 14.9 Å². The van der Waals surface area contributed by atoms with Gasteiger partial charge in [-0.05, 0) is 70.1 Å². The Morgan fingerprint density at radius 2 is 1.86 bits per heavy atom. The molecular formula is C20H25N3O4S. The third-order valence-electron chi connectivity index (χ3n) is 6.02. The maximum atomic E-state index is 12.8. The van der Waals surface area contributed by atoms with E-state index in [1.807, 2.05) is 0 Å². The van der Waals surface area contributed by atoms with Crippen LogP contribution < -0.4 is 10.0 Å². The third kappa shape index (κ3) is 3.36. The zero-order valence-electron chi connectivity index (χ0n) is 16.0. The molecule has 150 valence electrons. The number of hydrogen-bond donors (Lipinski definition) is 2. The fourth-order valence-corrected chi connectivity index (χ4v) is 5.32. The van der Waals surface area contributed by atoms with Gasteiger partial charge in [0.25, 0.3) is 5.91 Å². The molecule has 0 unspecified atom stereocenters. The molecule has 2 aromatic rings. The van der Waals surface area contributed by atoms with Crippen molar-refractivity contribution in [3.8, 4) is 11.3 Å². The average Bonchev–Trinajstić information content (AvgIpc) is 3.21. The number of amides is 1. The number of fused-ring (bicyclic) bond motifs is 3. The summed E-state index contributed by atoms with van der Waals surface area (Å²) in [7, 11) is -2.28. The van der Waals surface area contributed by atoms with Crippen molar-refractivity contribution in [2.24, 2.45) is 5.92 Å². The number of sulfonamides is 1. The van der Waals surface area contributed by atoms with Crippen molar-refractivity contribution in [1.29, 1.82) is 0 Å². The van der Waals surface area contributed by atoms with Crippen LogP contribution in [0, 0.1) is 5.92 Å². The van der Waals surface area contributed by atoms with Crippen LogP contribution in [0.5, 0.6) is 0 Å². The van der Waals surface area contributed by atoms with Gasteiger partial charge in [0.2, 0.25) is 10.0 Å². The SMILES string of the molecule is CNS(=O)(=O)c1ccccc1-c1ccc(C(=O)N[C@@H]2C3CCN(CC3)[C@H]2C)o1. The summed E-state index contributed by atoms with van der Waals surface area (Å²) in [4.78, 5) is 15.3. The van der Waals surface area contributed by atoms with Crippen LogP contribution in [0.25, 0.3) is 11.3 Å². The molecule has 2 atom stereocenters. The third-order valence-corrected chi connectivity index (χ3v) is 7.49. The van der Waals surface area contributed by atoms with Crippen molar-refractivity contribution in [2.75, 3.05) is 20.1 Å². The molecule has 4 heterocycles. The Kier molecular flexibility index (Phi) is 5.03. The summed E-state index contributed by atoms with van der Waals surface area (Å²) >= 11 is 0. The molecule has 0 saturated carbocycles. The van der Waals surface area contributed by atoms with Gasteiger partial charge in [0.05, 0.1) is 4.90 Å². The molecule has 5 rings (SSSR count). The molecule has 3 aliphatic heterocycles. The van der Waals surface area contributed by atoms with Crippen molar-refractivity contribution in [2.45, 2.75) is 36.7 Å². The lowest BCUT2D eigenvalue weighted by Gasteiger charge is -2.49. The highest BCUT2D eigenvalue weighted by Gasteiger charge is 2.40. The number of rotatable bonds is 5. The van der Waals surface area contributed by atoms with E-state index in [1.54, 1.807) is 30.3 Å². The first-order valence-electron chi connectivity index (χ1n) is 9.58. The van der Waals surface area contributed by atoms with Crippen LogP contribution in [0.1, 0.15) is 30.3 Å². The first kappa shape index (κ1) is 19.2. The topological polar surface area (TPSA) is 91.6 Å². The van der Waals surface area contributed by atoms with E-state index in [0.29, 0.717) is 23.3 Å². The quantitative estimate of drug-likeness (QED) is 0.797. The number of carbonyl (C=O) groups is 1. The van der Waals surface area contributed by atoms with Crippen LogP contribution in [0.4, 0.5) is 0 Å². The van der Waals surface area contributed by atoms with Crippen LogP contribution in [0.3, 0.4) is 0 Å². The summed E-state index contributed by atoms with van der Waals surface area (Å²) in [5, 5.41) is 3.13. The minimum atomic E-state index is -3.64. The van der Waals surface area contributed by atoms with E-state index in [-0.39, 0.29) is 22.6 Å². The van der Waals surface area contributed by atoms with Crippen molar-refractivity contribution >= 4 is 15.9 Å².